The number of benzene rings is 1. The van der Waals surface area contributed by atoms with Gasteiger partial charge in [0.05, 0.1) is 13.0 Å². The minimum Gasteiger partial charge on any atom is -0.493 e. The van der Waals surface area contributed by atoms with Gasteiger partial charge in [-0.2, -0.15) is 0 Å². The molecule has 1 amide bonds. The predicted molar refractivity (Wildman–Crippen MR) is 87.4 cm³/mol. The molecule has 1 aromatic carbocycles. The maximum Gasteiger partial charge on any atom is 0.223 e. The fourth-order valence-corrected chi connectivity index (χ4v) is 2.44. The van der Waals surface area contributed by atoms with Gasteiger partial charge in [0.2, 0.25) is 5.91 Å². The van der Waals surface area contributed by atoms with Crippen LogP contribution in [0.25, 0.3) is 0 Å². The van der Waals surface area contributed by atoms with Gasteiger partial charge in [-0.05, 0) is 50.6 Å². The van der Waals surface area contributed by atoms with Gasteiger partial charge < -0.3 is 15.4 Å². The second-order valence-corrected chi connectivity index (χ2v) is 5.55. The molecule has 1 aliphatic rings. The summed E-state index contributed by atoms with van der Waals surface area (Å²) >= 11 is 5.79. The van der Waals surface area contributed by atoms with Crippen LogP contribution in [0.3, 0.4) is 0 Å². The highest BCUT2D eigenvalue weighted by molar-refractivity contribution is 6.30. The van der Waals surface area contributed by atoms with Crippen molar-refractivity contribution in [2.75, 3.05) is 13.2 Å². The molecule has 1 aromatic rings. The number of carbonyl (C=O) groups is 1. The average Bonchev–Trinajstić information content (AvgIpc) is 2.44. The number of amides is 1. The number of piperidine rings is 1. The molecule has 1 aliphatic heterocycles. The van der Waals surface area contributed by atoms with Gasteiger partial charge in [0, 0.05) is 17.1 Å². The number of rotatable bonds is 5. The zero-order chi connectivity index (χ0) is 14.4. The molecule has 2 N–H and O–H groups in total. The molecular formula is C15H22Cl2N2O2. The van der Waals surface area contributed by atoms with Gasteiger partial charge >= 0.3 is 0 Å². The Morgan fingerprint density at radius 3 is 2.81 bits per heavy atom. The Balaban J connectivity index is 0.00000220. The maximum atomic E-state index is 11.9. The molecule has 2 atom stereocenters. The van der Waals surface area contributed by atoms with Crippen molar-refractivity contribution in [3.05, 3.63) is 29.3 Å². The zero-order valence-electron chi connectivity index (χ0n) is 12.1. The maximum absolute atomic E-state index is 11.9. The van der Waals surface area contributed by atoms with E-state index in [4.69, 9.17) is 16.3 Å². The summed E-state index contributed by atoms with van der Waals surface area (Å²) in [4.78, 5) is 11.9. The van der Waals surface area contributed by atoms with Gasteiger partial charge in [-0.15, -0.1) is 12.4 Å². The van der Waals surface area contributed by atoms with E-state index in [1.54, 1.807) is 24.3 Å². The normalized spacial score (nSPS) is 21.2. The van der Waals surface area contributed by atoms with Gasteiger partial charge in [-0.25, -0.2) is 0 Å². The van der Waals surface area contributed by atoms with Crippen LogP contribution in [-0.4, -0.2) is 31.1 Å². The zero-order valence-corrected chi connectivity index (χ0v) is 13.7. The monoisotopic (exact) mass is 332 g/mol. The fourth-order valence-electron chi connectivity index (χ4n) is 2.31. The summed E-state index contributed by atoms with van der Waals surface area (Å²) in [6.07, 6.45) is 2.51. The van der Waals surface area contributed by atoms with Gasteiger partial charge in [0.1, 0.15) is 5.75 Å². The van der Waals surface area contributed by atoms with Crippen molar-refractivity contribution in [3.8, 4) is 5.75 Å². The van der Waals surface area contributed by atoms with E-state index in [0.29, 0.717) is 24.1 Å². The lowest BCUT2D eigenvalue weighted by Gasteiger charge is -2.30. The number of hydrogen-bond acceptors (Lipinski definition) is 3. The van der Waals surface area contributed by atoms with Crippen LogP contribution < -0.4 is 15.4 Å². The second kappa shape index (κ2) is 9.13. The molecule has 0 aromatic heterocycles. The molecule has 1 saturated heterocycles. The first-order chi connectivity index (χ1) is 9.65. The first-order valence-electron chi connectivity index (χ1n) is 7.06. The van der Waals surface area contributed by atoms with Crippen molar-refractivity contribution in [2.24, 2.45) is 0 Å². The molecule has 6 heteroatoms. The van der Waals surface area contributed by atoms with Gasteiger partial charge in [0.25, 0.3) is 0 Å². The molecule has 118 valence electrons. The number of halogens is 2. The van der Waals surface area contributed by atoms with Crippen LogP contribution in [0.2, 0.25) is 5.02 Å². The summed E-state index contributed by atoms with van der Waals surface area (Å²) in [5.41, 5.74) is 0. The van der Waals surface area contributed by atoms with E-state index in [2.05, 4.69) is 17.6 Å². The quantitative estimate of drug-likeness (QED) is 0.871. The van der Waals surface area contributed by atoms with Gasteiger partial charge in [-0.1, -0.05) is 11.6 Å². The minimum atomic E-state index is 0. The average molecular weight is 333 g/mol. The number of ether oxygens (including phenoxy) is 1. The summed E-state index contributed by atoms with van der Waals surface area (Å²) < 4.78 is 5.51. The Hall–Kier alpha value is -0.970. The molecule has 1 heterocycles. The molecule has 4 nitrogen and oxygen atoms in total. The Kier molecular flexibility index (Phi) is 7.86. The van der Waals surface area contributed by atoms with Crippen LogP contribution in [0, 0.1) is 0 Å². The largest absolute Gasteiger partial charge is 0.493 e. The van der Waals surface area contributed by atoms with E-state index in [1.165, 1.54) is 0 Å². The van der Waals surface area contributed by atoms with Crippen LogP contribution >= 0.6 is 24.0 Å². The topological polar surface area (TPSA) is 50.4 Å². The highest BCUT2D eigenvalue weighted by atomic mass is 35.5. The molecule has 0 radical (unpaired) electrons. The lowest BCUT2D eigenvalue weighted by Crippen LogP contribution is -2.52. The van der Waals surface area contributed by atoms with Crippen LogP contribution in [0.4, 0.5) is 0 Å². The Morgan fingerprint density at radius 1 is 1.43 bits per heavy atom. The Labute approximate surface area is 137 Å². The van der Waals surface area contributed by atoms with E-state index in [-0.39, 0.29) is 24.4 Å². The van der Waals surface area contributed by atoms with E-state index in [0.717, 1.165) is 25.1 Å². The van der Waals surface area contributed by atoms with Crippen LogP contribution in [-0.2, 0) is 4.79 Å². The lowest BCUT2D eigenvalue weighted by atomic mass is 10.00. The lowest BCUT2D eigenvalue weighted by molar-refractivity contribution is -0.122. The van der Waals surface area contributed by atoms with Crippen molar-refractivity contribution in [1.29, 1.82) is 0 Å². The highest BCUT2D eigenvalue weighted by Gasteiger charge is 2.21. The minimum absolute atomic E-state index is 0. The molecule has 2 rings (SSSR count). The first kappa shape index (κ1) is 18.1. The summed E-state index contributed by atoms with van der Waals surface area (Å²) in [6.45, 7) is 3.52. The van der Waals surface area contributed by atoms with Crippen LogP contribution in [0.1, 0.15) is 26.2 Å². The molecular weight excluding hydrogens is 311 g/mol. The van der Waals surface area contributed by atoms with Crippen LogP contribution in [0.15, 0.2) is 24.3 Å². The molecule has 21 heavy (non-hydrogen) atoms. The van der Waals surface area contributed by atoms with Crippen molar-refractivity contribution < 1.29 is 9.53 Å². The number of carbonyl (C=O) groups excluding carboxylic acids is 1. The van der Waals surface area contributed by atoms with Gasteiger partial charge in [0.15, 0.2) is 0 Å². The third-order valence-corrected chi connectivity index (χ3v) is 3.77. The first-order valence-corrected chi connectivity index (χ1v) is 7.44. The van der Waals surface area contributed by atoms with E-state index >= 15 is 0 Å². The van der Waals surface area contributed by atoms with E-state index < -0.39 is 0 Å². The number of hydrogen-bond donors (Lipinski definition) is 2. The third-order valence-electron chi connectivity index (χ3n) is 3.52. The SMILES string of the molecule is CC1NCCCC1NC(=O)CCOc1ccc(Cl)cc1.Cl. The predicted octanol–water partition coefficient (Wildman–Crippen LogP) is 2.79. The Morgan fingerprint density at radius 2 is 2.14 bits per heavy atom. The van der Waals surface area contributed by atoms with E-state index in [9.17, 15) is 4.79 Å². The summed E-state index contributed by atoms with van der Waals surface area (Å²) in [5.74, 6) is 0.773. The molecule has 0 saturated carbocycles. The van der Waals surface area contributed by atoms with E-state index in [1.807, 2.05) is 0 Å². The molecule has 2 unspecified atom stereocenters. The van der Waals surface area contributed by atoms with Crippen LogP contribution in [0.5, 0.6) is 5.75 Å². The third kappa shape index (κ3) is 6.12. The Bertz CT molecular complexity index is 440. The highest BCUT2D eigenvalue weighted by Crippen LogP contribution is 2.15. The molecule has 0 spiro atoms. The molecule has 0 aliphatic carbocycles. The fraction of sp³-hybridized carbons (Fsp3) is 0.533. The second-order valence-electron chi connectivity index (χ2n) is 5.11. The number of nitrogens with one attached hydrogen (secondary N) is 2. The van der Waals surface area contributed by atoms with Crippen molar-refractivity contribution >= 4 is 29.9 Å². The molecule has 1 fully saturated rings. The molecule has 0 bridgehead atoms. The van der Waals surface area contributed by atoms with Gasteiger partial charge in [-0.3, -0.25) is 4.79 Å². The van der Waals surface area contributed by atoms with Crippen molar-refractivity contribution in [3.63, 3.8) is 0 Å². The summed E-state index contributed by atoms with van der Waals surface area (Å²) in [6, 6.07) is 7.70. The summed E-state index contributed by atoms with van der Waals surface area (Å²) in [5, 5.41) is 7.10. The van der Waals surface area contributed by atoms with Crippen molar-refractivity contribution in [2.45, 2.75) is 38.3 Å². The van der Waals surface area contributed by atoms with Crippen molar-refractivity contribution in [1.82, 2.24) is 10.6 Å². The standard InChI is InChI=1S/C15H21ClN2O2.ClH/c1-11-14(3-2-9-17-11)18-15(19)8-10-20-13-6-4-12(16)5-7-13;/h4-7,11,14,17H,2-3,8-10H2,1H3,(H,18,19);1H. The smallest absolute Gasteiger partial charge is 0.223 e. The summed E-state index contributed by atoms with van der Waals surface area (Å²) in [7, 11) is 0.